The minimum atomic E-state index is -2.05. The van der Waals surface area contributed by atoms with Crippen LogP contribution in [0.4, 0.5) is 4.79 Å². The largest absolute Gasteiger partial charge is 0.480 e. The molecular formula is C15H26N2O7. The van der Waals surface area contributed by atoms with E-state index in [0.717, 1.165) is 18.1 Å². The van der Waals surface area contributed by atoms with E-state index in [9.17, 15) is 19.5 Å². The molecule has 9 heteroatoms. The summed E-state index contributed by atoms with van der Waals surface area (Å²) in [6, 6.07) is 0. The van der Waals surface area contributed by atoms with Gasteiger partial charge in [0.25, 0.3) is 0 Å². The topological polar surface area (TPSA) is 139 Å². The van der Waals surface area contributed by atoms with E-state index >= 15 is 0 Å². The lowest BCUT2D eigenvalue weighted by atomic mass is 9.84. The smallest absolute Gasteiger partial charge is 0.408 e. The zero-order valence-electron chi connectivity index (χ0n) is 14.3. The fourth-order valence-electron chi connectivity index (χ4n) is 2.49. The zero-order valence-corrected chi connectivity index (χ0v) is 14.3. The summed E-state index contributed by atoms with van der Waals surface area (Å²) in [6.07, 6.45) is -0.471. The van der Waals surface area contributed by atoms with Crippen LogP contribution in [0, 0.1) is 5.41 Å². The molecule has 1 amide bonds. The van der Waals surface area contributed by atoms with Crippen molar-refractivity contribution >= 4 is 18.0 Å². The Labute approximate surface area is 140 Å². The average Bonchev–Trinajstić information content (AvgIpc) is 3.07. The van der Waals surface area contributed by atoms with Crippen LogP contribution in [-0.4, -0.2) is 64.7 Å². The minimum Gasteiger partial charge on any atom is -0.480 e. The first kappa shape index (κ1) is 20.2. The summed E-state index contributed by atoms with van der Waals surface area (Å²) in [5, 5.41) is 18.2. The molecule has 2 saturated heterocycles. The number of aliphatic carboxylic acids is 1. The van der Waals surface area contributed by atoms with Crippen LogP contribution in [0.3, 0.4) is 0 Å². The number of hydrogen-bond acceptors (Lipinski definition) is 6. The Kier molecular flexibility index (Phi) is 6.56. The fraction of sp³-hybridized carbons (Fsp3) is 0.800. The molecule has 0 bridgehead atoms. The molecule has 9 nitrogen and oxygen atoms in total. The maximum atomic E-state index is 12.1. The van der Waals surface area contributed by atoms with Gasteiger partial charge in [0, 0.05) is 19.8 Å². The number of carbonyl (C=O) groups is 3. The summed E-state index contributed by atoms with van der Waals surface area (Å²) >= 11 is 0. The Bertz CT molecular complexity index is 477. The zero-order chi connectivity index (χ0) is 18.5. The lowest BCUT2D eigenvalue weighted by Gasteiger charge is -2.31. The van der Waals surface area contributed by atoms with Crippen LogP contribution < -0.4 is 5.73 Å². The summed E-state index contributed by atoms with van der Waals surface area (Å²) in [4.78, 5) is 35.2. The van der Waals surface area contributed by atoms with E-state index in [1.54, 1.807) is 20.8 Å². The molecule has 138 valence electrons. The molecule has 0 aliphatic carbocycles. The van der Waals surface area contributed by atoms with Crippen molar-refractivity contribution < 1.29 is 34.1 Å². The molecule has 0 spiro atoms. The molecule has 24 heavy (non-hydrogen) atoms. The third-order valence-corrected chi connectivity index (χ3v) is 3.81. The molecule has 0 aromatic carbocycles. The number of esters is 1. The highest BCUT2D eigenvalue weighted by atomic mass is 16.6. The number of carboxylic acids is 1. The second kappa shape index (κ2) is 7.80. The molecule has 0 aromatic rings. The third-order valence-electron chi connectivity index (χ3n) is 3.81. The van der Waals surface area contributed by atoms with E-state index in [4.69, 9.17) is 20.3 Å². The number of amides is 1. The molecule has 2 rings (SSSR count). The first-order chi connectivity index (χ1) is 11.0. The number of likely N-dealkylation sites (tertiary alicyclic amines) is 1. The summed E-state index contributed by atoms with van der Waals surface area (Å²) in [5.74, 6) is -2.48. The van der Waals surface area contributed by atoms with Gasteiger partial charge in [-0.2, -0.15) is 0 Å². The molecule has 2 heterocycles. The molecule has 2 aliphatic heterocycles. The van der Waals surface area contributed by atoms with Crippen molar-refractivity contribution in [1.82, 2.24) is 4.90 Å². The van der Waals surface area contributed by atoms with Gasteiger partial charge in [-0.15, -0.1) is 0 Å². The maximum Gasteiger partial charge on any atom is 0.408 e. The minimum absolute atomic E-state index is 0.123. The van der Waals surface area contributed by atoms with E-state index in [0.29, 0.717) is 0 Å². The predicted molar refractivity (Wildman–Crippen MR) is 83.3 cm³/mol. The van der Waals surface area contributed by atoms with Crippen molar-refractivity contribution in [1.29, 1.82) is 0 Å². The summed E-state index contributed by atoms with van der Waals surface area (Å²) in [6.45, 7) is 6.66. The van der Waals surface area contributed by atoms with Crippen molar-refractivity contribution in [2.75, 3.05) is 19.8 Å². The number of rotatable bonds is 2. The highest BCUT2D eigenvalue weighted by Gasteiger charge is 2.60. The number of carbonyl (C=O) groups excluding carboxylic acids is 1. The average molecular weight is 346 g/mol. The lowest BCUT2D eigenvalue weighted by molar-refractivity contribution is -0.178. The van der Waals surface area contributed by atoms with Gasteiger partial charge in [-0.3, -0.25) is 14.5 Å². The van der Waals surface area contributed by atoms with Gasteiger partial charge in [-0.1, -0.05) is 0 Å². The van der Waals surface area contributed by atoms with E-state index < -0.39 is 35.2 Å². The second-order valence-corrected chi connectivity index (χ2v) is 6.77. The lowest BCUT2D eigenvalue weighted by Crippen LogP contribution is -2.57. The molecule has 2 unspecified atom stereocenters. The molecule has 0 saturated carbocycles. The number of nitrogens with zero attached hydrogens (tertiary/aromatic N) is 1. The number of ether oxygens (including phenoxy) is 2. The Morgan fingerprint density at radius 3 is 2.04 bits per heavy atom. The predicted octanol–water partition coefficient (Wildman–Crippen LogP) is 0.864. The standard InChI is InChI=1S/C11H18N2O6.C4H8O/c1-10(2,3)19-8(16)11(7(14)15)4-5-13(6(11)12)9(17)18;1-2-4-5-3-1/h6H,4-5,12H2,1-3H3,(H,14,15)(H,17,18);1-4H2. The normalized spacial score (nSPS) is 26.5. The molecule has 4 N–H and O–H groups in total. The van der Waals surface area contributed by atoms with Crippen LogP contribution in [0.1, 0.15) is 40.0 Å². The highest BCUT2D eigenvalue weighted by Crippen LogP contribution is 2.37. The van der Waals surface area contributed by atoms with Crippen LogP contribution in [0.25, 0.3) is 0 Å². The monoisotopic (exact) mass is 346 g/mol. The van der Waals surface area contributed by atoms with Crippen molar-refractivity contribution in [2.24, 2.45) is 11.1 Å². The highest BCUT2D eigenvalue weighted by molar-refractivity contribution is 6.01. The van der Waals surface area contributed by atoms with Crippen molar-refractivity contribution in [2.45, 2.75) is 51.8 Å². The molecule has 2 aliphatic rings. The van der Waals surface area contributed by atoms with Gasteiger partial charge >= 0.3 is 18.0 Å². The van der Waals surface area contributed by atoms with Gasteiger partial charge in [0.15, 0.2) is 5.41 Å². The molecule has 2 atom stereocenters. The molecular weight excluding hydrogens is 320 g/mol. The van der Waals surface area contributed by atoms with Gasteiger partial charge in [-0.05, 0) is 40.0 Å². The summed E-state index contributed by atoms with van der Waals surface area (Å²) in [5.41, 5.74) is 2.71. The van der Waals surface area contributed by atoms with E-state index in [2.05, 4.69) is 0 Å². The first-order valence-electron chi connectivity index (χ1n) is 7.82. The Hall–Kier alpha value is -1.87. The quantitative estimate of drug-likeness (QED) is 0.494. The van der Waals surface area contributed by atoms with Crippen molar-refractivity contribution in [3.8, 4) is 0 Å². The fourth-order valence-corrected chi connectivity index (χ4v) is 2.49. The maximum absolute atomic E-state index is 12.1. The van der Waals surface area contributed by atoms with Crippen molar-refractivity contribution in [3.05, 3.63) is 0 Å². The molecule has 0 radical (unpaired) electrons. The molecule has 0 aromatic heterocycles. The van der Waals surface area contributed by atoms with Crippen molar-refractivity contribution in [3.63, 3.8) is 0 Å². The van der Waals surface area contributed by atoms with E-state index in [-0.39, 0.29) is 13.0 Å². The third kappa shape index (κ3) is 4.57. The molecule has 2 fully saturated rings. The van der Waals surface area contributed by atoms with Gasteiger partial charge in [-0.25, -0.2) is 4.79 Å². The first-order valence-corrected chi connectivity index (χ1v) is 7.82. The van der Waals surface area contributed by atoms with Gasteiger partial charge in [0.1, 0.15) is 11.8 Å². The number of hydrogen-bond donors (Lipinski definition) is 3. The summed E-state index contributed by atoms with van der Waals surface area (Å²) in [7, 11) is 0. The summed E-state index contributed by atoms with van der Waals surface area (Å²) < 4.78 is 10.0. The Balaban J connectivity index is 0.000000488. The Morgan fingerprint density at radius 2 is 1.75 bits per heavy atom. The van der Waals surface area contributed by atoms with Crippen LogP contribution in [0.15, 0.2) is 0 Å². The van der Waals surface area contributed by atoms with E-state index in [1.807, 2.05) is 0 Å². The van der Waals surface area contributed by atoms with Crippen LogP contribution in [-0.2, 0) is 19.1 Å². The number of carboxylic acid groups (broad SMARTS) is 2. The SMILES string of the molecule is C1CCOC1.CC(C)(C)OC(=O)C1(C(=O)O)CCN(C(=O)O)C1N. The second-order valence-electron chi connectivity index (χ2n) is 6.77. The van der Waals surface area contributed by atoms with Gasteiger partial charge < -0.3 is 25.4 Å². The van der Waals surface area contributed by atoms with Gasteiger partial charge in [0.2, 0.25) is 0 Å². The number of nitrogens with two attached hydrogens (primary N) is 1. The van der Waals surface area contributed by atoms with E-state index in [1.165, 1.54) is 12.8 Å². The van der Waals surface area contributed by atoms with Crippen LogP contribution in [0.2, 0.25) is 0 Å². The Morgan fingerprint density at radius 1 is 1.21 bits per heavy atom. The van der Waals surface area contributed by atoms with Crippen LogP contribution >= 0.6 is 0 Å². The van der Waals surface area contributed by atoms with Crippen LogP contribution in [0.5, 0.6) is 0 Å². The van der Waals surface area contributed by atoms with Gasteiger partial charge in [0.05, 0.1) is 0 Å².